The summed E-state index contributed by atoms with van der Waals surface area (Å²) in [6.45, 7) is -0.287. The molecule has 0 aliphatic heterocycles. The molecule has 0 saturated heterocycles. The first-order valence-electron chi connectivity index (χ1n) is 8.38. The molecule has 0 aliphatic rings. The summed E-state index contributed by atoms with van der Waals surface area (Å²) in [5.74, 6) is -3.58. The maximum atomic E-state index is 13.8. The van der Waals surface area contributed by atoms with Crippen molar-refractivity contribution < 1.29 is 31.8 Å². The number of carbonyl (C=O) groups excluding carboxylic acids is 1. The van der Waals surface area contributed by atoms with Crippen LogP contribution in [0.5, 0.6) is 11.5 Å². The molecule has 0 fully saturated rings. The zero-order valence-electron chi connectivity index (χ0n) is 15.1. The summed E-state index contributed by atoms with van der Waals surface area (Å²) in [6.07, 6.45) is 0. The van der Waals surface area contributed by atoms with Gasteiger partial charge in [0.05, 0.1) is 18.4 Å². The minimum Gasteiger partial charge on any atom is -0.497 e. The van der Waals surface area contributed by atoms with Gasteiger partial charge in [0.15, 0.2) is 0 Å². The van der Waals surface area contributed by atoms with Gasteiger partial charge in [-0.15, -0.1) is 0 Å². The molecule has 0 aromatic heterocycles. The van der Waals surface area contributed by atoms with Gasteiger partial charge in [-0.25, -0.2) is 17.6 Å². The molecule has 3 aromatic rings. The van der Waals surface area contributed by atoms with Gasteiger partial charge in [0, 0.05) is 23.8 Å². The second-order valence-corrected chi connectivity index (χ2v) is 5.96. The molecular formula is C21H15F4NO3. The molecule has 0 radical (unpaired) electrons. The van der Waals surface area contributed by atoms with E-state index in [0.717, 1.165) is 24.3 Å². The van der Waals surface area contributed by atoms with E-state index in [4.69, 9.17) is 9.47 Å². The number of amides is 1. The Balaban J connectivity index is 1.85. The van der Waals surface area contributed by atoms with Crippen LogP contribution in [-0.4, -0.2) is 13.0 Å². The third kappa shape index (κ3) is 4.84. The quantitative estimate of drug-likeness (QED) is 0.582. The Morgan fingerprint density at radius 3 is 2.24 bits per heavy atom. The van der Waals surface area contributed by atoms with Crippen molar-refractivity contribution in [3.8, 4) is 11.5 Å². The Hall–Kier alpha value is -3.55. The van der Waals surface area contributed by atoms with Gasteiger partial charge in [0.2, 0.25) is 0 Å². The number of rotatable bonds is 6. The molecule has 0 saturated carbocycles. The van der Waals surface area contributed by atoms with Gasteiger partial charge in [-0.3, -0.25) is 4.79 Å². The lowest BCUT2D eigenvalue weighted by Crippen LogP contribution is -2.15. The fourth-order valence-electron chi connectivity index (χ4n) is 2.51. The number of nitrogens with one attached hydrogen (secondary N) is 1. The molecule has 0 bridgehead atoms. The largest absolute Gasteiger partial charge is 0.497 e. The maximum absolute atomic E-state index is 13.8. The number of hydrogen-bond donors (Lipinski definition) is 1. The number of methoxy groups -OCH3 is 1. The summed E-state index contributed by atoms with van der Waals surface area (Å²) >= 11 is 0. The average Bonchev–Trinajstić information content (AvgIpc) is 2.69. The molecule has 0 heterocycles. The first kappa shape index (κ1) is 20.2. The van der Waals surface area contributed by atoms with Crippen LogP contribution >= 0.6 is 0 Å². The van der Waals surface area contributed by atoms with E-state index in [9.17, 15) is 22.4 Å². The lowest BCUT2D eigenvalue weighted by Gasteiger charge is -2.14. The second-order valence-electron chi connectivity index (χ2n) is 5.96. The highest BCUT2D eigenvalue weighted by molar-refractivity contribution is 6.06. The Morgan fingerprint density at radius 2 is 1.59 bits per heavy atom. The molecule has 1 N–H and O–H groups in total. The van der Waals surface area contributed by atoms with E-state index >= 15 is 0 Å². The van der Waals surface area contributed by atoms with E-state index in [1.807, 2.05) is 0 Å². The van der Waals surface area contributed by atoms with Crippen LogP contribution < -0.4 is 14.8 Å². The van der Waals surface area contributed by atoms with E-state index in [2.05, 4.69) is 5.32 Å². The monoisotopic (exact) mass is 405 g/mol. The van der Waals surface area contributed by atoms with Crippen molar-refractivity contribution in [2.45, 2.75) is 6.61 Å². The molecule has 29 heavy (non-hydrogen) atoms. The van der Waals surface area contributed by atoms with Crippen molar-refractivity contribution >= 4 is 11.6 Å². The van der Waals surface area contributed by atoms with Crippen LogP contribution in [0.3, 0.4) is 0 Å². The van der Waals surface area contributed by atoms with Gasteiger partial charge < -0.3 is 14.8 Å². The smallest absolute Gasteiger partial charge is 0.259 e. The fraction of sp³-hybridized carbons (Fsp3) is 0.0952. The predicted molar refractivity (Wildman–Crippen MR) is 98.0 cm³/mol. The van der Waals surface area contributed by atoms with Crippen LogP contribution in [0.2, 0.25) is 0 Å². The lowest BCUT2D eigenvalue weighted by molar-refractivity contribution is 0.102. The molecule has 3 aromatic carbocycles. The van der Waals surface area contributed by atoms with Gasteiger partial charge in [-0.2, -0.15) is 0 Å². The predicted octanol–water partition coefficient (Wildman–Crippen LogP) is 5.08. The molecule has 0 atom stereocenters. The number of anilines is 1. The van der Waals surface area contributed by atoms with E-state index in [1.165, 1.54) is 31.4 Å². The highest BCUT2D eigenvalue weighted by Gasteiger charge is 2.17. The minimum absolute atomic E-state index is 0.0112. The van der Waals surface area contributed by atoms with E-state index in [-0.39, 0.29) is 29.2 Å². The molecular weight excluding hydrogens is 390 g/mol. The summed E-state index contributed by atoms with van der Waals surface area (Å²) < 4.78 is 64.3. The topological polar surface area (TPSA) is 47.6 Å². The zero-order chi connectivity index (χ0) is 21.0. The van der Waals surface area contributed by atoms with Crippen LogP contribution in [0.1, 0.15) is 15.9 Å². The highest BCUT2D eigenvalue weighted by atomic mass is 19.1. The number of ether oxygens (including phenoxy) is 2. The van der Waals surface area contributed by atoms with Crippen molar-refractivity contribution in [1.29, 1.82) is 0 Å². The molecule has 0 unspecified atom stereocenters. The molecule has 0 spiro atoms. The van der Waals surface area contributed by atoms with Gasteiger partial charge in [-0.05, 0) is 36.4 Å². The fourth-order valence-corrected chi connectivity index (χ4v) is 2.51. The maximum Gasteiger partial charge on any atom is 0.259 e. The Kier molecular flexibility index (Phi) is 6.01. The van der Waals surface area contributed by atoms with E-state index < -0.39 is 29.2 Å². The lowest BCUT2D eigenvalue weighted by atomic mass is 10.1. The van der Waals surface area contributed by atoms with Crippen LogP contribution in [0.15, 0.2) is 54.6 Å². The molecule has 8 heteroatoms. The van der Waals surface area contributed by atoms with Crippen LogP contribution in [-0.2, 0) is 6.61 Å². The number of halogens is 4. The Morgan fingerprint density at radius 1 is 0.897 bits per heavy atom. The standard InChI is InChI=1S/C21H15F4NO3/c1-28-15-5-6-16(21(27)26-19-7-4-14(23)9-18(19)25)20(10-15)29-11-12-2-3-13(22)8-17(12)24/h2-10H,11H2,1H3,(H,26,27). The Labute approximate surface area is 163 Å². The summed E-state index contributed by atoms with van der Waals surface area (Å²) in [4.78, 5) is 12.6. The number of benzene rings is 3. The van der Waals surface area contributed by atoms with Crippen LogP contribution in [0, 0.1) is 23.3 Å². The summed E-state index contributed by atoms with van der Waals surface area (Å²) in [6, 6.07) is 10.0. The first-order chi connectivity index (χ1) is 13.9. The molecule has 4 nitrogen and oxygen atoms in total. The Bertz CT molecular complexity index is 1060. The summed E-state index contributed by atoms with van der Waals surface area (Å²) in [7, 11) is 1.41. The van der Waals surface area contributed by atoms with Gasteiger partial charge in [0.1, 0.15) is 41.4 Å². The number of carbonyl (C=O) groups is 1. The van der Waals surface area contributed by atoms with E-state index in [0.29, 0.717) is 11.8 Å². The molecule has 0 aliphatic carbocycles. The summed E-state index contributed by atoms with van der Waals surface area (Å²) in [5, 5.41) is 2.32. The normalized spacial score (nSPS) is 10.5. The first-order valence-corrected chi connectivity index (χ1v) is 8.38. The molecule has 3 rings (SSSR count). The highest BCUT2D eigenvalue weighted by Crippen LogP contribution is 2.27. The second kappa shape index (κ2) is 8.64. The van der Waals surface area contributed by atoms with Crippen molar-refractivity contribution in [3.05, 3.63) is 89.0 Å². The van der Waals surface area contributed by atoms with Crippen molar-refractivity contribution in [1.82, 2.24) is 0 Å². The third-order valence-electron chi connectivity index (χ3n) is 4.01. The van der Waals surface area contributed by atoms with Crippen LogP contribution in [0.25, 0.3) is 0 Å². The van der Waals surface area contributed by atoms with Crippen molar-refractivity contribution in [2.24, 2.45) is 0 Å². The van der Waals surface area contributed by atoms with Gasteiger partial charge >= 0.3 is 0 Å². The average molecular weight is 405 g/mol. The van der Waals surface area contributed by atoms with E-state index in [1.54, 1.807) is 0 Å². The minimum atomic E-state index is -0.942. The molecule has 150 valence electrons. The zero-order valence-corrected chi connectivity index (χ0v) is 15.1. The van der Waals surface area contributed by atoms with Crippen molar-refractivity contribution in [2.75, 3.05) is 12.4 Å². The number of hydrogen-bond acceptors (Lipinski definition) is 3. The SMILES string of the molecule is COc1ccc(C(=O)Nc2ccc(F)cc2F)c(OCc2ccc(F)cc2F)c1. The molecule has 1 amide bonds. The van der Waals surface area contributed by atoms with Gasteiger partial charge in [0.25, 0.3) is 5.91 Å². The van der Waals surface area contributed by atoms with Crippen LogP contribution in [0.4, 0.5) is 23.2 Å². The van der Waals surface area contributed by atoms with Crippen molar-refractivity contribution in [3.63, 3.8) is 0 Å². The van der Waals surface area contributed by atoms with Gasteiger partial charge in [-0.1, -0.05) is 0 Å². The third-order valence-corrected chi connectivity index (χ3v) is 4.01. The summed E-state index contributed by atoms with van der Waals surface area (Å²) in [5.41, 5.74) is -0.134.